The number of hydrazone groups is 1. The molecule has 0 aliphatic carbocycles. The summed E-state index contributed by atoms with van der Waals surface area (Å²) in [5.41, 5.74) is 4.32. The normalized spacial score (nSPS) is 11.2. The van der Waals surface area contributed by atoms with Crippen molar-refractivity contribution < 1.29 is 24.2 Å². The number of aliphatic carboxylic acids is 1. The van der Waals surface area contributed by atoms with Crippen molar-refractivity contribution in [1.82, 2.24) is 10.7 Å². The van der Waals surface area contributed by atoms with Crippen molar-refractivity contribution in [3.8, 4) is 5.75 Å². The molecule has 2 aromatic rings. The maximum absolute atomic E-state index is 12.2. The molecular formula is C22H24N3O5-. The zero-order chi connectivity index (χ0) is 22.1. The number of carbonyl (C=O) groups is 3. The highest BCUT2D eigenvalue weighted by Crippen LogP contribution is 2.22. The van der Waals surface area contributed by atoms with Gasteiger partial charge in [-0.25, -0.2) is 5.43 Å². The van der Waals surface area contributed by atoms with Crippen LogP contribution in [0.3, 0.4) is 0 Å². The van der Waals surface area contributed by atoms with Gasteiger partial charge in [-0.2, -0.15) is 5.10 Å². The van der Waals surface area contributed by atoms with Crippen LogP contribution in [0, 0.1) is 0 Å². The lowest BCUT2D eigenvalue weighted by Crippen LogP contribution is -2.35. The highest BCUT2D eigenvalue weighted by atomic mass is 16.5. The molecule has 2 aromatic carbocycles. The van der Waals surface area contributed by atoms with Gasteiger partial charge in [0.05, 0.1) is 18.7 Å². The number of nitrogens with one attached hydrogen (secondary N) is 2. The van der Waals surface area contributed by atoms with Crippen LogP contribution in [0.25, 0.3) is 0 Å². The first-order chi connectivity index (χ1) is 14.2. The summed E-state index contributed by atoms with van der Waals surface area (Å²) in [5.74, 6) is -1.94. The minimum Gasteiger partial charge on any atom is -0.546 e. The quantitative estimate of drug-likeness (QED) is 0.497. The molecule has 0 aliphatic rings. The van der Waals surface area contributed by atoms with Crippen LogP contribution >= 0.6 is 0 Å². The number of ether oxygens (including phenoxy) is 1. The molecule has 0 unspecified atom stereocenters. The van der Waals surface area contributed by atoms with Crippen LogP contribution in [-0.2, 0) is 15.0 Å². The number of carboxylic acid groups (broad SMARTS) is 1. The van der Waals surface area contributed by atoms with Crippen LogP contribution in [0.5, 0.6) is 5.75 Å². The Morgan fingerprint density at radius 2 is 1.73 bits per heavy atom. The fourth-order valence-corrected chi connectivity index (χ4v) is 2.45. The molecule has 30 heavy (non-hydrogen) atoms. The first kappa shape index (κ1) is 22.6. The Balaban J connectivity index is 1.85. The number of rotatable bonds is 8. The van der Waals surface area contributed by atoms with Gasteiger partial charge in [0, 0.05) is 11.1 Å². The highest BCUT2D eigenvalue weighted by Gasteiger charge is 2.14. The minimum atomic E-state index is -1.35. The van der Waals surface area contributed by atoms with Crippen LogP contribution in [0.1, 0.15) is 42.3 Å². The predicted octanol–water partition coefficient (Wildman–Crippen LogP) is 0.993. The number of nitrogens with zero attached hydrogens (tertiary/aromatic N) is 1. The maximum atomic E-state index is 12.2. The van der Waals surface area contributed by atoms with E-state index in [4.69, 9.17) is 4.74 Å². The van der Waals surface area contributed by atoms with Gasteiger partial charge >= 0.3 is 0 Å². The fraction of sp³-hybridized carbons (Fsp3) is 0.273. The smallest absolute Gasteiger partial charge is 0.259 e. The number of hydrogen-bond donors (Lipinski definition) is 2. The van der Waals surface area contributed by atoms with Gasteiger partial charge in [-0.15, -0.1) is 0 Å². The molecule has 2 amide bonds. The van der Waals surface area contributed by atoms with Gasteiger partial charge < -0.3 is 20.0 Å². The summed E-state index contributed by atoms with van der Waals surface area (Å²) in [5, 5.41) is 16.8. The van der Waals surface area contributed by atoms with Crippen LogP contribution in [0.4, 0.5) is 0 Å². The minimum absolute atomic E-state index is 0.0128. The van der Waals surface area contributed by atoms with Gasteiger partial charge in [0.1, 0.15) is 12.4 Å². The number of carboxylic acids is 1. The molecule has 158 valence electrons. The second-order valence-electron chi connectivity index (χ2n) is 7.50. The molecule has 0 saturated heterocycles. The first-order valence-corrected chi connectivity index (χ1v) is 9.29. The summed E-state index contributed by atoms with van der Waals surface area (Å²) in [6.07, 6.45) is 1.32. The van der Waals surface area contributed by atoms with Crippen molar-refractivity contribution >= 4 is 24.0 Å². The summed E-state index contributed by atoms with van der Waals surface area (Å²) in [6, 6.07) is 13.8. The van der Waals surface area contributed by atoms with Crippen LogP contribution < -0.4 is 20.6 Å². The topological polar surface area (TPSA) is 120 Å². The predicted molar refractivity (Wildman–Crippen MR) is 110 cm³/mol. The lowest BCUT2D eigenvalue weighted by molar-refractivity contribution is -0.307. The molecule has 0 aromatic heterocycles. The maximum Gasteiger partial charge on any atom is 0.259 e. The molecule has 0 saturated carbocycles. The van der Waals surface area contributed by atoms with E-state index in [-0.39, 0.29) is 23.6 Å². The fourth-order valence-electron chi connectivity index (χ4n) is 2.45. The van der Waals surface area contributed by atoms with Gasteiger partial charge in [-0.1, -0.05) is 45.0 Å². The Kier molecular flexibility index (Phi) is 7.69. The Morgan fingerprint density at radius 3 is 2.37 bits per heavy atom. The van der Waals surface area contributed by atoms with Gasteiger partial charge in [-0.05, 0) is 35.2 Å². The number of para-hydroxylation sites is 1. The molecule has 0 heterocycles. The monoisotopic (exact) mass is 410 g/mol. The van der Waals surface area contributed by atoms with Crippen LogP contribution in [0.15, 0.2) is 53.6 Å². The first-order valence-electron chi connectivity index (χ1n) is 9.29. The van der Waals surface area contributed by atoms with Crippen molar-refractivity contribution in [3.05, 3.63) is 65.2 Å². The standard InChI is InChI=1S/C22H25N3O5/c1-22(2,3)17-10-8-15(9-11-17)21(29)23-13-19(26)25-24-12-16-6-4-5-7-18(16)30-14-20(27)28/h4-12H,13-14H2,1-3H3,(H,23,29)(H,25,26)(H,27,28)/p-1/b24-12-. The van der Waals surface area contributed by atoms with E-state index in [2.05, 4.69) is 36.6 Å². The Hall–Kier alpha value is -3.68. The van der Waals surface area contributed by atoms with E-state index < -0.39 is 18.5 Å². The molecule has 8 heteroatoms. The van der Waals surface area contributed by atoms with Crippen molar-refractivity contribution in [2.24, 2.45) is 5.10 Å². The third-order valence-electron chi connectivity index (χ3n) is 4.08. The molecule has 2 N–H and O–H groups in total. The molecule has 0 aliphatic heterocycles. The summed E-state index contributed by atoms with van der Waals surface area (Å²) in [7, 11) is 0. The second kappa shape index (κ2) is 10.2. The molecular weight excluding hydrogens is 386 g/mol. The summed E-state index contributed by atoms with van der Waals surface area (Å²) >= 11 is 0. The van der Waals surface area contributed by atoms with Gasteiger partial charge in [0.25, 0.3) is 11.8 Å². The largest absolute Gasteiger partial charge is 0.546 e. The molecule has 0 bridgehead atoms. The third kappa shape index (κ3) is 7.05. The zero-order valence-electron chi connectivity index (χ0n) is 17.1. The average molecular weight is 410 g/mol. The number of hydrogen-bond acceptors (Lipinski definition) is 6. The van der Waals surface area contributed by atoms with E-state index in [0.717, 1.165) is 5.56 Å². The van der Waals surface area contributed by atoms with E-state index in [1.54, 1.807) is 36.4 Å². The lowest BCUT2D eigenvalue weighted by atomic mass is 9.87. The Morgan fingerprint density at radius 1 is 1.07 bits per heavy atom. The highest BCUT2D eigenvalue weighted by molar-refractivity contribution is 5.96. The summed E-state index contributed by atoms with van der Waals surface area (Å²) in [4.78, 5) is 34.6. The Labute approximate surface area is 174 Å². The van der Waals surface area contributed by atoms with Crippen molar-refractivity contribution in [3.63, 3.8) is 0 Å². The average Bonchev–Trinajstić information content (AvgIpc) is 2.70. The number of carbonyl (C=O) groups excluding carboxylic acids is 3. The van der Waals surface area contributed by atoms with Crippen LogP contribution in [-0.4, -0.2) is 37.1 Å². The van der Waals surface area contributed by atoms with Crippen LogP contribution in [0.2, 0.25) is 0 Å². The molecule has 0 atom stereocenters. The van der Waals surface area contributed by atoms with Gasteiger partial charge in [-0.3, -0.25) is 9.59 Å². The molecule has 8 nitrogen and oxygen atoms in total. The third-order valence-corrected chi connectivity index (χ3v) is 4.08. The molecule has 0 spiro atoms. The number of benzene rings is 2. The Bertz CT molecular complexity index is 931. The van der Waals surface area contributed by atoms with Gasteiger partial charge in [0.15, 0.2) is 0 Å². The zero-order valence-corrected chi connectivity index (χ0v) is 17.1. The lowest BCUT2D eigenvalue weighted by Gasteiger charge is -2.19. The summed E-state index contributed by atoms with van der Waals surface area (Å²) in [6.45, 7) is 5.41. The van der Waals surface area contributed by atoms with Crippen molar-refractivity contribution in [1.29, 1.82) is 0 Å². The summed E-state index contributed by atoms with van der Waals surface area (Å²) < 4.78 is 5.09. The second-order valence-corrected chi connectivity index (χ2v) is 7.50. The van der Waals surface area contributed by atoms with E-state index >= 15 is 0 Å². The number of amides is 2. The molecule has 0 radical (unpaired) electrons. The van der Waals surface area contributed by atoms with Crippen molar-refractivity contribution in [2.45, 2.75) is 26.2 Å². The van der Waals surface area contributed by atoms with Crippen molar-refractivity contribution in [2.75, 3.05) is 13.2 Å². The SMILES string of the molecule is CC(C)(C)c1ccc(C(=O)NCC(=O)N/N=C\c2ccccc2OCC(=O)[O-])cc1. The van der Waals surface area contributed by atoms with E-state index in [1.807, 2.05) is 12.1 Å². The van der Waals surface area contributed by atoms with E-state index in [0.29, 0.717) is 11.1 Å². The van der Waals surface area contributed by atoms with E-state index in [1.165, 1.54) is 6.21 Å². The van der Waals surface area contributed by atoms with E-state index in [9.17, 15) is 19.5 Å². The van der Waals surface area contributed by atoms with Gasteiger partial charge in [0.2, 0.25) is 0 Å². The molecule has 0 fully saturated rings. The molecule has 2 rings (SSSR count).